The normalized spacial score (nSPS) is 16.1. The molecule has 0 unspecified atom stereocenters. The van der Waals surface area contributed by atoms with Gasteiger partial charge in [0, 0.05) is 41.3 Å². The van der Waals surface area contributed by atoms with Crippen LogP contribution in [0.3, 0.4) is 0 Å². The summed E-state index contributed by atoms with van der Waals surface area (Å²) in [6, 6.07) is 55.6. The Hall–Kier alpha value is -5.90. The van der Waals surface area contributed by atoms with Gasteiger partial charge in [0.05, 0.1) is 13.2 Å². The van der Waals surface area contributed by atoms with E-state index in [1.54, 1.807) is 0 Å². The van der Waals surface area contributed by atoms with Gasteiger partial charge in [0.2, 0.25) is 0 Å². The van der Waals surface area contributed by atoms with Gasteiger partial charge in [-0.15, -0.1) is 0 Å². The Kier molecular flexibility index (Phi) is 10.0. The summed E-state index contributed by atoms with van der Waals surface area (Å²) < 4.78 is 5.67. The van der Waals surface area contributed by atoms with Crippen molar-refractivity contribution in [1.82, 2.24) is 0 Å². The zero-order valence-electron chi connectivity index (χ0n) is 32.6. The van der Waals surface area contributed by atoms with Gasteiger partial charge in [-0.3, -0.25) is 0 Å². The topological polar surface area (TPSA) is 15.7 Å². The highest BCUT2D eigenvalue weighted by Crippen LogP contribution is 2.55. The molecule has 0 saturated carbocycles. The molecule has 0 radical (unpaired) electrons. The highest BCUT2D eigenvalue weighted by atomic mass is 16.5. The van der Waals surface area contributed by atoms with Crippen LogP contribution in [0.5, 0.6) is 0 Å². The van der Waals surface area contributed by atoms with Crippen molar-refractivity contribution >= 4 is 34.8 Å². The maximum atomic E-state index is 5.67. The second kappa shape index (κ2) is 15.7. The quantitative estimate of drug-likeness (QED) is 0.131. The predicted molar refractivity (Wildman–Crippen MR) is 237 cm³/mol. The number of rotatable bonds is 10. The largest absolute Gasteiger partial charge is 0.378 e. The number of para-hydroxylation sites is 2. The number of hydrogen-bond donors (Lipinski definition) is 0. The molecule has 1 heterocycles. The molecule has 6 aromatic carbocycles. The third-order valence-electron chi connectivity index (χ3n) is 12.3. The molecule has 0 bridgehead atoms. The van der Waals surface area contributed by atoms with E-state index in [2.05, 4.69) is 194 Å². The fraction of sp³-hybridized carbons (Fsp3) is 0.208. The molecular weight excluding hydrogens is 681 g/mol. The van der Waals surface area contributed by atoms with E-state index < -0.39 is 0 Å². The van der Waals surface area contributed by atoms with E-state index in [-0.39, 0.29) is 5.41 Å². The summed E-state index contributed by atoms with van der Waals surface area (Å²) in [4.78, 5) is 4.91. The summed E-state index contributed by atoms with van der Waals surface area (Å²) in [5.41, 5.74) is 18.4. The first-order valence-corrected chi connectivity index (χ1v) is 20.4. The monoisotopic (exact) mass is 730 g/mol. The van der Waals surface area contributed by atoms with Crippen molar-refractivity contribution in [2.75, 3.05) is 36.1 Å². The molecular formula is C53H50N2O. The van der Waals surface area contributed by atoms with Crippen LogP contribution in [0.2, 0.25) is 0 Å². The molecule has 0 atom stereocenters. The van der Waals surface area contributed by atoms with E-state index in [0.29, 0.717) is 0 Å². The molecule has 1 fully saturated rings. The summed E-state index contributed by atoms with van der Waals surface area (Å²) in [6.07, 6.45) is 11.3. The molecule has 3 nitrogen and oxygen atoms in total. The molecule has 0 amide bonds. The number of allylic oxidation sites excluding steroid dienone is 4. The Morgan fingerprint density at radius 3 is 1.79 bits per heavy atom. The second-order valence-electron chi connectivity index (χ2n) is 15.3. The van der Waals surface area contributed by atoms with Gasteiger partial charge in [-0.1, -0.05) is 135 Å². The lowest BCUT2D eigenvalue weighted by atomic mass is 9.71. The van der Waals surface area contributed by atoms with Gasteiger partial charge >= 0.3 is 0 Å². The summed E-state index contributed by atoms with van der Waals surface area (Å²) in [5.74, 6) is 0. The summed E-state index contributed by atoms with van der Waals surface area (Å²) in [7, 11) is 0. The zero-order chi connectivity index (χ0) is 37.9. The maximum Gasteiger partial charge on any atom is 0.0642 e. The van der Waals surface area contributed by atoms with Crippen molar-refractivity contribution in [3.8, 4) is 22.3 Å². The molecule has 56 heavy (non-hydrogen) atoms. The number of anilines is 3. The number of morpholine rings is 1. The van der Waals surface area contributed by atoms with Crippen molar-refractivity contribution in [3.63, 3.8) is 0 Å². The van der Waals surface area contributed by atoms with Gasteiger partial charge in [-0.2, -0.15) is 0 Å². The van der Waals surface area contributed by atoms with Gasteiger partial charge in [-0.25, -0.2) is 0 Å². The lowest BCUT2D eigenvalue weighted by molar-refractivity contribution is 0.122. The molecule has 2 aliphatic carbocycles. The van der Waals surface area contributed by atoms with Crippen molar-refractivity contribution in [1.29, 1.82) is 0 Å². The van der Waals surface area contributed by atoms with E-state index >= 15 is 0 Å². The van der Waals surface area contributed by atoms with Gasteiger partial charge in [0.15, 0.2) is 0 Å². The van der Waals surface area contributed by atoms with E-state index in [9.17, 15) is 0 Å². The summed E-state index contributed by atoms with van der Waals surface area (Å²) in [6.45, 7) is 8.13. The first-order chi connectivity index (χ1) is 27.6. The molecule has 0 aromatic heterocycles. The fourth-order valence-electron chi connectivity index (χ4n) is 9.27. The number of benzene rings is 6. The average Bonchev–Trinajstić information content (AvgIpc) is 3.55. The van der Waals surface area contributed by atoms with Gasteiger partial charge in [0.1, 0.15) is 0 Å². The average molecular weight is 731 g/mol. The van der Waals surface area contributed by atoms with E-state index in [1.165, 1.54) is 78.4 Å². The third-order valence-corrected chi connectivity index (χ3v) is 12.3. The Morgan fingerprint density at radius 1 is 0.589 bits per heavy atom. The summed E-state index contributed by atoms with van der Waals surface area (Å²) >= 11 is 0. The Morgan fingerprint density at radius 2 is 1.16 bits per heavy atom. The molecule has 3 aliphatic rings. The second-order valence-corrected chi connectivity index (χ2v) is 15.3. The van der Waals surface area contributed by atoms with Crippen molar-refractivity contribution < 1.29 is 4.74 Å². The van der Waals surface area contributed by atoms with Crippen LogP contribution in [-0.4, -0.2) is 26.3 Å². The molecule has 1 aliphatic heterocycles. The number of nitrogens with zero attached hydrogens (tertiary/aromatic N) is 2. The predicted octanol–water partition coefficient (Wildman–Crippen LogP) is 13.4. The van der Waals surface area contributed by atoms with Crippen LogP contribution in [0.15, 0.2) is 169 Å². The molecule has 3 heteroatoms. The minimum atomic E-state index is -0.00472. The maximum absolute atomic E-state index is 5.67. The molecule has 1 saturated heterocycles. The minimum Gasteiger partial charge on any atom is -0.378 e. The van der Waals surface area contributed by atoms with Crippen molar-refractivity contribution in [2.24, 2.45) is 0 Å². The van der Waals surface area contributed by atoms with Crippen LogP contribution in [0.1, 0.15) is 61.8 Å². The van der Waals surface area contributed by atoms with Gasteiger partial charge in [-0.05, 0) is 130 Å². The van der Waals surface area contributed by atoms with Crippen LogP contribution in [0.25, 0.3) is 40.0 Å². The standard InChI is InChI=1S/C53H50N2O/c1-3-53(4-2)51-34-40(24-28-49(51)50-29-27-47(38-52(50)53)55(45-16-10-6-11-17-45)46-18-12-7-13-19-46)21-20-39-22-25-42(26-23-39)44-35-43(41-14-8-5-9-15-41)36-48(37-44)54-30-32-56-33-31-54/h5-26,28,34-38H,3-4,27,29-33H2,1-2H3/b21-20+. The fourth-order valence-corrected chi connectivity index (χ4v) is 9.27. The van der Waals surface area contributed by atoms with Crippen LogP contribution < -0.4 is 9.80 Å². The first kappa shape index (κ1) is 35.8. The van der Waals surface area contributed by atoms with E-state index in [0.717, 1.165) is 52.0 Å². The van der Waals surface area contributed by atoms with Gasteiger partial charge < -0.3 is 14.5 Å². The van der Waals surface area contributed by atoms with Crippen molar-refractivity contribution in [3.05, 3.63) is 191 Å². The Balaban J connectivity index is 0.995. The lowest BCUT2D eigenvalue weighted by Crippen LogP contribution is -2.36. The Bertz CT molecular complexity index is 2360. The van der Waals surface area contributed by atoms with E-state index in [1.807, 2.05) is 0 Å². The third kappa shape index (κ3) is 6.82. The molecule has 0 spiro atoms. The van der Waals surface area contributed by atoms with Gasteiger partial charge in [0.25, 0.3) is 0 Å². The summed E-state index contributed by atoms with van der Waals surface area (Å²) in [5, 5.41) is 0. The number of hydrogen-bond acceptors (Lipinski definition) is 3. The van der Waals surface area contributed by atoms with Crippen molar-refractivity contribution in [2.45, 2.75) is 44.9 Å². The molecule has 6 aromatic rings. The molecule has 0 N–H and O–H groups in total. The smallest absolute Gasteiger partial charge is 0.0642 e. The van der Waals surface area contributed by atoms with Crippen LogP contribution in [-0.2, 0) is 10.2 Å². The lowest BCUT2D eigenvalue weighted by Gasteiger charge is -2.35. The zero-order valence-corrected chi connectivity index (χ0v) is 32.6. The molecule has 278 valence electrons. The van der Waals surface area contributed by atoms with Crippen LogP contribution >= 0.6 is 0 Å². The molecule has 9 rings (SSSR count). The van der Waals surface area contributed by atoms with Crippen LogP contribution in [0.4, 0.5) is 17.1 Å². The highest BCUT2D eigenvalue weighted by molar-refractivity contribution is 5.87. The number of ether oxygens (including phenoxy) is 1. The number of fused-ring (bicyclic) bond motifs is 2. The Labute approximate surface area is 332 Å². The SMILES string of the molecule is CCC1(CC)C2=C(CCC(N(c3ccccc3)c3ccccc3)=C2)c2ccc(/C=C/c3ccc(-c4cc(-c5ccccc5)cc(N5CCOCC5)c4)cc3)cc21. The first-order valence-electron chi connectivity index (χ1n) is 20.4. The highest BCUT2D eigenvalue weighted by Gasteiger charge is 2.43. The van der Waals surface area contributed by atoms with E-state index in [4.69, 9.17) is 4.74 Å². The minimum absolute atomic E-state index is 0.00472. The van der Waals surface area contributed by atoms with Crippen LogP contribution in [0, 0.1) is 0 Å².